The van der Waals surface area contributed by atoms with Crippen molar-refractivity contribution in [2.24, 2.45) is 11.8 Å². The van der Waals surface area contributed by atoms with Gasteiger partial charge < -0.3 is 10.1 Å². The van der Waals surface area contributed by atoms with Crippen LogP contribution in [-0.2, 0) is 30.6 Å². The van der Waals surface area contributed by atoms with Crippen LogP contribution in [0, 0.1) is 11.8 Å². The molecule has 1 aromatic carbocycles. The number of aromatic nitrogens is 1. The Hall–Kier alpha value is -2.14. The number of Topliss-reactive ketones (excluding diaryl/α,β-unsaturated/α-hetero) is 2. The highest BCUT2D eigenvalue weighted by molar-refractivity contribution is 7.91. The molecule has 0 unspecified atom stereocenters. The van der Waals surface area contributed by atoms with Crippen LogP contribution in [0.5, 0.6) is 0 Å². The topological polar surface area (TPSA) is 114 Å². The maximum absolute atomic E-state index is 13.6. The number of carbonyl (C=O) groups excluding carboxylic acids is 3. The van der Waals surface area contributed by atoms with Gasteiger partial charge in [-0.2, -0.15) is 0 Å². The summed E-state index contributed by atoms with van der Waals surface area (Å²) in [7, 11) is -2.99. The fraction of sp³-hybridized carbons (Fsp3) is 0.600. The zero-order valence-electron chi connectivity index (χ0n) is 23.7. The van der Waals surface area contributed by atoms with Crippen molar-refractivity contribution in [2.45, 2.75) is 70.8 Å². The normalized spacial score (nSPS) is 19.5. The fourth-order valence-corrected chi connectivity index (χ4v) is 8.44. The van der Waals surface area contributed by atoms with Gasteiger partial charge in [-0.05, 0) is 50.3 Å². The first kappa shape index (κ1) is 31.8. The summed E-state index contributed by atoms with van der Waals surface area (Å²) < 4.78 is 24.4. The maximum atomic E-state index is 13.6. The minimum Gasteiger partial charge on any atom is -0.353 e. The van der Waals surface area contributed by atoms with E-state index in [1.165, 1.54) is 24.7 Å². The second-order valence-corrected chi connectivity index (χ2v) is 15.4. The smallest absolute Gasteiger partial charge is 0.224 e. The number of hydrogen-bond acceptors (Lipinski definition) is 8. The third-order valence-corrected chi connectivity index (χ3v) is 11.1. The summed E-state index contributed by atoms with van der Waals surface area (Å²) in [6, 6.07) is 5.34. The molecular weight excluding hydrogens is 582 g/mol. The van der Waals surface area contributed by atoms with Crippen molar-refractivity contribution in [3.05, 3.63) is 40.4 Å². The fourth-order valence-electron chi connectivity index (χ4n) is 5.84. The lowest BCUT2D eigenvalue weighted by atomic mass is 9.81. The first-order valence-electron chi connectivity index (χ1n) is 14.5. The number of hydrogen-bond donors (Lipinski definition) is 1. The molecule has 1 saturated heterocycles. The molecule has 1 amide bonds. The Labute approximate surface area is 251 Å². The lowest BCUT2D eigenvalue weighted by molar-refractivity contribution is -0.130. The van der Waals surface area contributed by atoms with Gasteiger partial charge in [0.1, 0.15) is 5.78 Å². The summed E-state index contributed by atoms with van der Waals surface area (Å²) in [5.41, 5.74) is 1.30. The van der Waals surface area contributed by atoms with E-state index in [4.69, 9.17) is 11.6 Å². The number of nitrogens with zero attached hydrogens (tertiary/aromatic N) is 2. The number of carbonyl (C=O) groups is 3. The van der Waals surface area contributed by atoms with E-state index in [2.05, 4.69) is 16.9 Å². The van der Waals surface area contributed by atoms with Gasteiger partial charge in [0.05, 0.1) is 32.6 Å². The number of fused-ring (bicyclic) bond motifs is 1. The van der Waals surface area contributed by atoms with E-state index < -0.39 is 15.8 Å². The molecule has 11 heteroatoms. The number of halogens is 1. The van der Waals surface area contributed by atoms with E-state index in [0.29, 0.717) is 43.1 Å². The summed E-state index contributed by atoms with van der Waals surface area (Å²) in [4.78, 5) is 45.4. The van der Waals surface area contributed by atoms with Gasteiger partial charge in [-0.15, -0.1) is 11.3 Å². The Morgan fingerprint density at radius 2 is 1.88 bits per heavy atom. The van der Waals surface area contributed by atoms with Crippen molar-refractivity contribution in [1.29, 1.82) is 0 Å². The van der Waals surface area contributed by atoms with E-state index in [9.17, 15) is 22.8 Å². The molecule has 4 rings (SSSR count). The Morgan fingerprint density at radius 1 is 1.17 bits per heavy atom. The highest BCUT2D eigenvalue weighted by Gasteiger charge is 2.30. The molecule has 2 aliphatic rings. The van der Waals surface area contributed by atoms with Gasteiger partial charge >= 0.3 is 0 Å². The maximum Gasteiger partial charge on any atom is 0.224 e. The van der Waals surface area contributed by atoms with Crippen LogP contribution in [0.25, 0.3) is 10.2 Å². The molecule has 2 fully saturated rings. The third kappa shape index (κ3) is 9.43. The number of thiazole rings is 1. The molecule has 1 aromatic heterocycles. The van der Waals surface area contributed by atoms with Gasteiger partial charge in [-0.1, -0.05) is 37.4 Å². The van der Waals surface area contributed by atoms with Crippen LogP contribution >= 0.6 is 22.9 Å². The molecule has 0 bridgehead atoms. The molecule has 41 heavy (non-hydrogen) atoms. The summed E-state index contributed by atoms with van der Waals surface area (Å²) in [5.74, 6) is -0.331. The summed E-state index contributed by atoms with van der Waals surface area (Å²) in [5, 5.41) is 4.66. The minimum atomic E-state index is -2.99. The van der Waals surface area contributed by atoms with Gasteiger partial charge in [0.15, 0.2) is 15.6 Å². The second kappa shape index (κ2) is 14.4. The number of rotatable bonds is 13. The minimum absolute atomic E-state index is 0.0538. The first-order valence-corrected chi connectivity index (χ1v) is 17.5. The molecule has 0 spiro atoms. The monoisotopic (exact) mass is 621 g/mol. The zero-order chi connectivity index (χ0) is 29.6. The van der Waals surface area contributed by atoms with E-state index in [1.807, 2.05) is 17.0 Å². The second-order valence-electron chi connectivity index (χ2n) is 11.5. The van der Waals surface area contributed by atoms with Gasteiger partial charge in [-0.25, -0.2) is 13.4 Å². The lowest BCUT2D eigenvalue weighted by Gasteiger charge is -2.32. The summed E-state index contributed by atoms with van der Waals surface area (Å²) >= 11 is 7.61. The van der Waals surface area contributed by atoms with Crippen molar-refractivity contribution in [2.75, 3.05) is 31.1 Å². The quantitative estimate of drug-likeness (QED) is 0.320. The van der Waals surface area contributed by atoms with Gasteiger partial charge in [-0.3, -0.25) is 14.5 Å². The zero-order valence-corrected chi connectivity index (χ0v) is 26.1. The van der Waals surface area contributed by atoms with Gasteiger partial charge in [0.25, 0.3) is 0 Å². The van der Waals surface area contributed by atoms with Crippen LogP contribution in [0.15, 0.2) is 30.4 Å². The molecule has 0 radical (unpaired) electrons. The summed E-state index contributed by atoms with van der Waals surface area (Å²) in [6.07, 6.45) is 6.63. The molecule has 1 N–H and O–H groups in total. The predicted octanol–water partition coefficient (Wildman–Crippen LogP) is 4.79. The van der Waals surface area contributed by atoms with Crippen molar-refractivity contribution >= 4 is 60.5 Å². The molecule has 2 atom stereocenters. The van der Waals surface area contributed by atoms with Crippen LogP contribution < -0.4 is 5.32 Å². The van der Waals surface area contributed by atoms with Gasteiger partial charge in [0.2, 0.25) is 5.91 Å². The molecule has 1 aliphatic heterocycles. The molecule has 2 heterocycles. The Kier molecular flexibility index (Phi) is 11.1. The largest absolute Gasteiger partial charge is 0.353 e. The van der Waals surface area contributed by atoms with E-state index in [0.717, 1.165) is 40.9 Å². The van der Waals surface area contributed by atoms with Crippen LogP contribution in [0.3, 0.4) is 0 Å². The number of ketones is 2. The Balaban J connectivity index is 1.40. The molecule has 8 nitrogen and oxygen atoms in total. The van der Waals surface area contributed by atoms with Crippen LogP contribution in [0.2, 0.25) is 5.02 Å². The number of nitrogens with one attached hydrogen (secondary N) is 1. The van der Waals surface area contributed by atoms with Crippen molar-refractivity contribution in [3.8, 4) is 0 Å². The van der Waals surface area contributed by atoms with E-state index >= 15 is 0 Å². The average molecular weight is 622 g/mol. The van der Waals surface area contributed by atoms with Crippen LogP contribution in [0.4, 0.5) is 0 Å². The molecule has 1 aliphatic carbocycles. The third-order valence-electron chi connectivity index (χ3n) is 8.20. The van der Waals surface area contributed by atoms with Crippen LogP contribution in [-0.4, -0.2) is 73.0 Å². The molecule has 2 aromatic rings. The predicted molar refractivity (Wildman–Crippen MR) is 164 cm³/mol. The van der Waals surface area contributed by atoms with Crippen molar-refractivity contribution < 1.29 is 22.8 Å². The standard InChI is InChI=1S/C30H40ClN3O5S2/c1-20(19-34-12-14-41(38,39)15-13-34)27(36)11-10-25(22-6-4-3-5-7-22)33-30(37)23(16-21(2)35)17-29-32-26-9-8-24(31)18-28(26)40-29/h8-9,18,22-23,25H,1,3-7,10-17,19H2,2H3,(H,33,37)/t23-,25+/m0/s1. The first-order chi connectivity index (χ1) is 19.5. The summed E-state index contributed by atoms with van der Waals surface area (Å²) in [6.45, 7) is 6.67. The molecule has 1 saturated carbocycles. The molecule has 224 valence electrons. The average Bonchev–Trinajstić information content (AvgIpc) is 3.33. The highest BCUT2D eigenvalue weighted by Crippen LogP contribution is 2.30. The lowest BCUT2D eigenvalue weighted by Crippen LogP contribution is -2.45. The number of sulfone groups is 1. The number of benzene rings is 1. The van der Waals surface area contributed by atoms with E-state index in [1.54, 1.807) is 6.07 Å². The SMILES string of the molecule is C=C(CN1CCS(=O)(=O)CC1)C(=O)CC[C@@H](NC(=O)[C@@H](CC(C)=O)Cc1nc2ccc(Cl)cc2s1)C1CCCCC1. The van der Waals surface area contributed by atoms with Crippen LogP contribution in [0.1, 0.15) is 63.3 Å². The van der Waals surface area contributed by atoms with Gasteiger partial charge in [0, 0.05) is 55.5 Å². The van der Waals surface area contributed by atoms with Crippen molar-refractivity contribution in [3.63, 3.8) is 0 Å². The highest BCUT2D eigenvalue weighted by atomic mass is 35.5. The molecular formula is C30H40ClN3O5S2. The Morgan fingerprint density at radius 3 is 2.56 bits per heavy atom. The van der Waals surface area contributed by atoms with Crippen molar-refractivity contribution in [1.82, 2.24) is 15.2 Å². The van der Waals surface area contributed by atoms with E-state index in [-0.39, 0.29) is 53.8 Å². The number of amides is 1. The Bertz CT molecular complexity index is 1370.